The quantitative estimate of drug-likeness (QED) is 0.873. The summed E-state index contributed by atoms with van der Waals surface area (Å²) in [5.74, 6) is -1.76. The van der Waals surface area contributed by atoms with E-state index in [-0.39, 0.29) is 12.5 Å². The zero-order valence-corrected chi connectivity index (χ0v) is 11.2. The van der Waals surface area contributed by atoms with E-state index in [1.54, 1.807) is 25.3 Å². The molecule has 0 fully saturated rings. The average Bonchev–Trinajstić information content (AvgIpc) is 2.46. The van der Waals surface area contributed by atoms with Gasteiger partial charge < -0.3 is 10.4 Å². The number of carbonyl (C=O) groups excluding carboxylic acids is 1. The van der Waals surface area contributed by atoms with Gasteiger partial charge in [-0.25, -0.2) is 0 Å². The zero-order chi connectivity index (χ0) is 14.5. The molecule has 0 saturated carbocycles. The van der Waals surface area contributed by atoms with Crippen LogP contribution in [0.1, 0.15) is 23.7 Å². The molecule has 1 unspecified atom stereocenters. The molecule has 1 atom stereocenters. The number of carboxylic acid groups (broad SMARTS) is 1. The van der Waals surface area contributed by atoms with Crippen LogP contribution in [0.4, 0.5) is 0 Å². The van der Waals surface area contributed by atoms with Gasteiger partial charge in [-0.2, -0.15) is 0 Å². The minimum Gasteiger partial charge on any atom is -0.481 e. The summed E-state index contributed by atoms with van der Waals surface area (Å²) >= 11 is 0. The smallest absolute Gasteiger partial charge is 0.308 e. The van der Waals surface area contributed by atoms with Crippen molar-refractivity contribution >= 4 is 22.8 Å². The van der Waals surface area contributed by atoms with Gasteiger partial charge in [0.25, 0.3) is 5.91 Å². The summed E-state index contributed by atoms with van der Waals surface area (Å²) in [6.45, 7) is 1.90. The molecule has 0 aliphatic heterocycles. The van der Waals surface area contributed by atoms with Gasteiger partial charge in [0, 0.05) is 18.1 Å². The van der Waals surface area contributed by atoms with E-state index in [9.17, 15) is 9.59 Å². The lowest BCUT2D eigenvalue weighted by atomic mass is 10.1. The fourth-order valence-electron chi connectivity index (χ4n) is 2.00. The number of aromatic nitrogens is 1. The fraction of sp³-hybridized carbons (Fsp3) is 0.267. The van der Waals surface area contributed by atoms with Gasteiger partial charge in [-0.1, -0.05) is 25.1 Å². The molecule has 1 amide bonds. The Labute approximate surface area is 116 Å². The Morgan fingerprint density at radius 3 is 2.75 bits per heavy atom. The lowest BCUT2D eigenvalue weighted by Crippen LogP contribution is -2.32. The second kappa shape index (κ2) is 6.14. The third-order valence-electron chi connectivity index (χ3n) is 3.23. The number of nitrogens with zero attached hydrogens (tertiary/aromatic N) is 1. The molecule has 1 heterocycles. The zero-order valence-electron chi connectivity index (χ0n) is 11.2. The van der Waals surface area contributed by atoms with Crippen LogP contribution in [0, 0.1) is 5.92 Å². The summed E-state index contributed by atoms with van der Waals surface area (Å²) in [4.78, 5) is 27.3. The van der Waals surface area contributed by atoms with Crippen molar-refractivity contribution < 1.29 is 14.7 Å². The molecule has 0 spiro atoms. The molecular formula is C15H16N2O3. The maximum absolute atomic E-state index is 12.2. The summed E-state index contributed by atoms with van der Waals surface area (Å²) in [6, 6.07) is 9.04. The Morgan fingerprint density at radius 1 is 1.30 bits per heavy atom. The molecule has 104 valence electrons. The van der Waals surface area contributed by atoms with Gasteiger partial charge in [0.15, 0.2) is 0 Å². The molecule has 2 aromatic rings. The molecule has 5 heteroatoms. The first-order valence-corrected chi connectivity index (χ1v) is 6.48. The molecule has 1 aromatic heterocycles. The number of hydrogen-bond donors (Lipinski definition) is 2. The number of pyridine rings is 1. The molecule has 0 bridgehead atoms. The monoisotopic (exact) mass is 272 g/mol. The molecule has 0 aliphatic rings. The third kappa shape index (κ3) is 2.93. The minimum atomic E-state index is -0.899. The maximum Gasteiger partial charge on any atom is 0.308 e. The van der Waals surface area contributed by atoms with E-state index in [1.165, 1.54) is 0 Å². The number of nitrogens with one attached hydrogen (secondary N) is 1. The van der Waals surface area contributed by atoms with Gasteiger partial charge in [0.1, 0.15) is 0 Å². The van der Waals surface area contributed by atoms with E-state index in [4.69, 9.17) is 5.11 Å². The summed E-state index contributed by atoms with van der Waals surface area (Å²) in [5, 5.41) is 12.5. The molecule has 0 saturated heterocycles. The van der Waals surface area contributed by atoms with Crippen LogP contribution in [0.15, 0.2) is 36.5 Å². The van der Waals surface area contributed by atoms with Crippen molar-refractivity contribution in [2.24, 2.45) is 5.92 Å². The molecule has 5 nitrogen and oxygen atoms in total. The van der Waals surface area contributed by atoms with Crippen molar-refractivity contribution in [1.29, 1.82) is 0 Å². The molecule has 0 radical (unpaired) electrons. The van der Waals surface area contributed by atoms with Crippen molar-refractivity contribution in [2.45, 2.75) is 13.3 Å². The third-order valence-corrected chi connectivity index (χ3v) is 3.23. The predicted molar refractivity (Wildman–Crippen MR) is 75.5 cm³/mol. The fourth-order valence-corrected chi connectivity index (χ4v) is 2.00. The molecule has 2 rings (SSSR count). The number of carboxylic acids is 1. The van der Waals surface area contributed by atoms with Crippen molar-refractivity contribution in [2.75, 3.05) is 6.54 Å². The van der Waals surface area contributed by atoms with Crippen LogP contribution < -0.4 is 5.32 Å². The first-order valence-electron chi connectivity index (χ1n) is 6.48. The van der Waals surface area contributed by atoms with Crippen LogP contribution in [0.5, 0.6) is 0 Å². The summed E-state index contributed by atoms with van der Waals surface area (Å²) in [6.07, 6.45) is 2.11. The number of carbonyl (C=O) groups is 2. The minimum absolute atomic E-state index is 0.119. The molecule has 20 heavy (non-hydrogen) atoms. The van der Waals surface area contributed by atoms with Crippen molar-refractivity contribution in [1.82, 2.24) is 10.3 Å². The highest BCUT2D eigenvalue weighted by Crippen LogP contribution is 2.15. The molecular weight excluding hydrogens is 256 g/mol. The SMILES string of the molecule is CCC(CNC(=O)c1cccc2cccnc12)C(=O)O. The highest BCUT2D eigenvalue weighted by Gasteiger charge is 2.17. The maximum atomic E-state index is 12.2. The Bertz CT molecular complexity index is 635. The van der Waals surface area contributed by atoms with Gasteiger partial charge in [-0.15, -0.1) is 0 Å². The van der Waals surface area contributed by atoms with Gasteiger partial charge in [-0.3, -0.25) is 14.6 Å². The normalized spacial score (nSPS) is 12.1. The summed E-state index contributed by atoms with van der Waals surface area (Å²) < 4.78 is 0. The highest BCUT2D eigenvalue weighted by atomic mass is 16.4. The van der Waals surface area contributed by atoms with Gasteiger partial charge >= 0.3 is 5.97 Å². The molecule has 1 aromatic carbocycles. The average molecular weight is 272 g/mol. The van der Waals surface area contributed by atoms with Crippen molar-refractivity contribution in [3.05, 3.63) is 42.1 Å². The van der Waals surface area contributed by atoms with Crippen LogP contribution in [0.25, 0.3) is 10.9 Å². The number of fused-ring (bicyclic) bond motifs is 1. The number of aliphatic carboxylic acids is 1. The van der Waals surface area contributed by atoms with Gasteiger partial charge in [0.2, 0.25) is 0 Å². The Hall–Kier alpha value is -2.43. The lowest BCUT2D eigenvalue weighted by Gasteiger charge is -2.11. The van der Waals surface area contributed by atoms with Crippen LogP contribution >= 0.6 is 0 Å². The van der Waals surface area contributed by atoms with Crippen LogP contribution in [-0.2, 0) is 4.79 Å². The van der Waals surface area contributed by atoms with Gasteiger partial charge in [-0.05, 0) is 18.6 Å². The molecule has 2 N–H and O–H groups in total. The van der Waals surface area contributed by atoms with Crippen molar-refractivity contribution in [3.63, 3.8) is 0 Å². The summed E-state index contributed by atoms with van der Waals surface area (Å²) in [5.41, 5.74) is 1.08. The highest BCUT2D eigenvalue weighted by molar-refractivity contribution is 6.05. The van der Waals surface area contributed by atoms with E-state index in [0.29, 0.717) is 17.5 Å². The lowest BCUT2D eigenvalue weighted by molar-refractivity contribution is -0.141. The standard InChI is InChI=1S/C15H16N2O3/c1-2-10(15(19)20)9-17-14(18)12-7-3-5-11-6-4-8-16-13(11)12/h3-8,10H,2,9H2,1H3,(H,17,18)(H,19,20). The Kier molecular flexibility index (Phi) is 4.30. The first-order chi connectivity index (χ1) is 9.63. The number of hydrogen-bond acceptors (Lipinski definition) is 3. The van der Waals surface area contributed by atoms with E-state index in [2.05, 4.69) is 10.3 Å². The van der Waals surface area contributed by atoms with Crippen LogP contribution in [-0.4, -0.2) is 28.5 Å². The van der Waals surface area contributed by atoms with E-state index >= 15 is 0 Å². The number of para-hydroxylation sites is 1. The first kappa shape index (κ1) is 14.0. The van der Waals surface area contributed by atoms with E-state index in [1.807, 2.05) is 18.2 Å². The van der Waals surface area contributed by atoms with E-state index < -0.39 is 11.9 Å². The molecule has 0 aliphatic carbocycles. The van der Waals surface area contributed by atoms with Crippen LogP contribution in [0.3, 0.4) is 0 Å². The second-order valence-corrected chi connectivity index (χ2v) is 4.53. The number of rotatable bonds is 5. The predicted octanol–water partition coefficient (Wildman–Crippen LogP) is 2.08. The Morgan fingerprint density at radius 2 is 2.05 bits per heavy atom. The van der Waals surface area contributed by atoms with Gasteiger partial charge in [0.05, 0.1) is 17.0 Å². The van der Waals surface area contributed by atoms with Crippen LogP contribution in [0.2, 0.25) is 0 Å². The Balaban J connectivity index is 2.18. The number of benzene rings is 1. The topological polar surface area (TPSA) is 79.3 Å². The van der Waals surface area contributed by atoms with E-state index in [0.717, 1.165) is 5.39 Å². The second-order valence-electron chi connectivity index (χ2n) is 4.53. The van der Waals surface area contributed by atoms with Crippen molar-refractivity contribution in [3.8, 4) is 0 Å². The largest absolute Gasteiger partial charge is 0.481 e. The number of amides is 1. The summed E-state index contributed by atoms with van der Waals surface area (Å²) in [7, 11) is 0.